The first kappa shape index (κ1) is 14.9. The Morgan fingerprint density at radius 3 is 2.37 bits per heavy atom. The van der Waals surface area contributed by atoms with Crippen LogP contribution in [0.15, 0.2) is 18.2 Å². The molecule has 104 valence electrons. The lowest BCUT2D eigenvalue weighted by atomic mass is 10.1. The summed E-state index contributed by atoms with van der Waals surface area (Å²) in [4.78, 5) is 22.8. The highest BCUT2D eigenvalue weighted by Gasteiger charge is 2.34. The Hall–Kier alpha value is -2.12. The molecule has 0 spiro atoms. The number of likely N-dealkylation sites (N-methyl/N-ethyl adjacent to an activating group) is 1. The number of carboxylic acid groups (broad SMARTS) is 1. The molecule has 4 nitrogen and oxygen atoms in total. The molecule has 8 heteroatoms. The number of amides is 1. The molecule has 0 aliphatic heterocycles. The lowest BCUT2D eigenvalue weighted by molar-refractivity contribution is -0.140. The normalized spacial score (nSPS) is 11.2. The van der Waals surface area contributed by atoms with Crippen LogP contribution in [-0.2, 0) is 11.0 Å². The van der Waals surface area contributed by atoms with E-state index < -0.39 is 41.5 Å². The van der Waals surface area contributed by atoms with Crippen LogP contribution in [0.5, 0.6) is 0 Å². The Morgan fingerprint density at radius 2 is 1.89 bits per heavy atom. The van der Waals surface area contributed by atoms with Crippen molar-refractivity contribution in [2.75, 3.05) is 13.6 Å². The van der Waals surface area contributed by atoms with Crippen molar-refractivity contribution in [3.63, 3.8) is 0 Å². The predicted molar refractivity (Wildman–Crippen MR) is 56.0 cm³/mol. The Bertz CT molecular complexity index is 513. The molecule has 19 heavy (non-hydrogen) atoms. The van der Waals surface area contributed by atoms with Crippen LogP contribution < -0.4 is 0 Å². The molecule has 0 aromatic heterocycles. The zero-order chi connectivity index (χ0) is 14.8. The van der Waals surface area contributed by atoms with Gasteiger partial charge in [-0.2, -0.15) is 13.2 Å². The second-order valence-electron chi connectivity index (χ2n) is 3.75. The van der Waals surface area contributed by atoms with Gasteiger partial charge in [-0.1, -0.05) is 0 Å². The van der Waals surface area contributed by atoms with Gasteiger partial charge < -0.3 is 10.0 Å². The van der Waals surface area contributed by atoms with E-state index in [0.717, 1.165) is 18.0 Å². The summed E-state index contributed by atoms with van der Waals surface area (Å²) in [5.74, 6) is -3.74. The topological polar surface area (TPSA) is 57.6 Å². The van der Waals surface area contributed by atoms with E-state index >= 15 is 0 Å². The number of halogens is 4. The molecule has 0 aliphatic rings. The second kappa shape index (κ2) is 5.25. The number of alkyl halides is 3. The number of rotatable bonds is 3. The lowest BCUT2D eigenvalue weighted by Crippen LogP contribution is -2.32. The smallest absolute Gasteiger partial charge is 0.419 e. The summed E-state index contributed by atoms with van der Waals surface area (Å²) in [6.07, 6.45) is -4.92. The average Bonchev–Trinajstić information content (AvgIpc) is 2.26. The van der Waals surface area contributed by atoms with Crippen LogP contribution in [0.25, 0.3) is 0 Å². The number of carbonyl (C=O) groups is 2. The quantitative estimate of drug-likeness (QED) is 0.861. The first-order valence-corrected chi connectivity index (χ1v) is 4.97. The fourth-order valence-electron chi connectivity index (χ4n) is 1.37. The van der Waals surface area contributed by atoms with Crippen LogP contribution in [0.2, 0.25) is 0 Å². The molecule has 0 radical (unpaired) electrons. The van der Waals surface area contributed by atoms with Crippen LogP contribution in [0, 0.1) is 5.82 Å². The number of nitrogens with zero attached hydrogens (tertiary/aromatic N) is 1. The number of hydrogen-bond donors (Lipinski definition) is 1. The van der Waals surface area contributed by atoms with E-state index in [1.807, 2.05) is 0 Å². The van der Waals surface area contributed by atoms with Crippen molar-refractivity contribution in [2.24, 2.45) is 0 Å². The van der Waals surface area contributed by atoms with Gasteiger partial charge in [0.15, 0.2) is 0 Å². The molecule has 0 heterocycles. The highest BCUT2D eigenvalue weighted by atomic mass is 19.4. The van der Waals surface area contributed by atoms with Gasteiger partial charge in [0.1, 0.15) is 12.4 Å². The van der Waals surface area contributed by atoms with Crippen molar-refractivity contribution in [2.45, 2.75) is 6.18 Å². The van der Waals surface area contributed by atoms with Crippen LogP contribution in [0.3, 0.4) is 0 Å². The van der Waals surface area contributed by atoms with E-state index in [1.54, 1.807) is 0 Å². The van der Waals surface area contributed by atoms with Crippen LogP contribution in [-0.4, -0.2) is 35.5 Å². The van der Waals surface area contributed by atoms with E-state index in [1.165, 1.54) is 0 Å². The minimum Gasteiger partial charge on any atom is -0.480 e. The Labute approximate surface area is 105 Å². The molecular weight excluding hydrogens is 270 g/mol. The van der Waals surface area contributed by atoms with Gasteiger partial charge in [0.05, 0.1) is 5.56 Å². The predicted octanol–water partition coefficient (Wildman–Crippen LogP) is 2.00. The van der Waals surface area contributed by atoms with Crippen LogP contribution >= 0.6 is 0 Å². The molecule has 1 aromatic carbocycles. The molecule has 0 fully saturated rings. The fourth-order valence-corrected chi connectivity index (χ4v) is 1.37. The number of hydrogen-bond acceptors (Lipinski definition) is 2. The summed E-state index contributed by atoms with van der Waals surface area (Å²) in [6.45, 7) is -0.669. The van der Waals surface area contributed by atoms with Crippen molar-refractivity contribution in [3.05, 3.63) is 35.1 Å². The summed E-state index contributed by atoms with van der Waals surface area (Å²) in [7, 11) is 1.12. The minimum atomic E-state index is -4.92. The second-order valence-corrected chi connectivity index (χ2v) is 3.75. The van der Waals surface area contributed by atoms with Crippen molar-refractivity contribution in [3.8, 4) is 0 Å². The van der Waals surface area contributed by atoms with E-state index in [2.05, 4.69) is 0 Å². The zero-order valence-corrected chi connectivity index (χ0v) is 9.66. The third kappa shape index (κ3) is 3.67. The molecule has 0 saturated carbocycles. The highest BCUT2D eigenvalue weighted by molar-refractivity contribution is 5.95. The first-order valence-electron chi connectivity index (χ1n) is 4.97. The standard InChI is InChI=1S/C11H9F4NO3/c1-16(5-9(17)18)10(19)6-2-3-8(12)7(4-6)11(13,14)15/h2-4H,5H2,1H3,(H,17,18). The van der Waals surface area contributed by atoms with E-state index in [-0.39, 0.29) is 0 Å². The molecular formula is C11H9F4NO3. The molecule has 1 rings (SSSR count). The summed E-state index contributed by atoms with van der Waals surface area (Å²) >= 11 is 0. The van der Waals surface area contributed by atoms with Gasteiger partial charge in [-0.15, -0.1) is 0 Å². The molecule has 0 saturated heterocycles. The lowest BCUT2D eigenvalue weighted by Gasteiger charge is -2.16. The SMILES string of the molecule is CN(CC(=O)O)C(=O)c1ccc(F)c(C(F)(F)F)c1. The molecule has 1 aromatic rings. The van der Waals surface area contributed by atoms with E-state index in [9.17, 15) is 27.2 Å². The highest BCUT2D eigenvalue weighted by Crippen LogP contribution is 2.32. The first-order chi connectivity index (χ1) is 8.62. The maximum atomic E-state index is 13.0. The van der Waals surface area contributed by atoms with Gasteiger partial charge in [-0.25, -0.2) is 4.39 Å². The largest absolute Gasteiger partial charge is 0.480 e. The number of carbonyl (C=O) groups excluding carboxylic acids is 1. The molecule has 1 N–H and O–H groups in total. The third-order valence-electron chi connectivity index (χ3n) is 2.24. The molecule has 0 bridgehead atoms. The summed E-state index contributed by atoms with van der Waals surface area (Å²) in [5, 5.41) is 8.47. The van der Waals surface area contributed by atoms with Crippen LogP contribution in [0.4, 0.5) is 17.6 Å². The van der Waals surface area contributed by atoms with Gasteiger partial charge in [-0.05, 0) is 18.2 Å². The summed E-state index contributed by atoms with van der Waals surface area (Å²) in [5.41, 5.74) is -2.00. The summed E-state index contributed by atoms with van der Waals surface area (Å²) in [6, 6.07) is 1.74. The van der Waals surface area contributed by atoms with Crippen molar-refractivity contribution < 1.29 is 32.3 Å². The number of benzene rings is 1. The fraction of sp³-hybridized carbons (Fsp3) is 0.273. The van der Waals surface area contributed by atoms with Gasteiger partial charge in [-0.3, -0.25) is 9.59 Å². The Balaban J connectivity index is 3.09. The third-order valence-corrected chi connectivity index (χ3v) is 2.24. The van der Waals surface area contributed by atoms with Gasteiger partial charge in [0.25, 0.3) is 5.91 Å². The minimum absolute atomic E-state index is 0.357. The van der Waals surface area contributed by atoms with E-state index in [0.29, 0.717) is 12.1 Å². The Kier molecular flexibility index (Phi) is 4.13. The molecule has 0 atom stereocenters. The molecule has 0 aliphatic carbocycles. The van der Waals surface area contributed by atoms with Gasteiger partial charge >= 0.3 is 12.1 Å². The monoisotopic (exact) mass is 279 g/mol. The number of carboxylic acids is 1. The molecule has 1 amide bonds. The van der Waals surface area contributed by atoms with Crippen molar-refractivity contribution in [1.82, 2.24) is 4.90 Å². The number of aliphatic carboxylic acids is 1. The van der Waals surface area contributed by atoms with E-state index in [4.69, 9.17) is 5.11 Å². The van der Waals surface area contributed by atoms with Gasteiger partial charge in [0.2, 0.25) is 0 Å². The van der Waals surface area contributed by atoms with Crippen molar-refractivity contribution >= 4 is 11.9 Å². The van der Waals surface area contributed by atoms with Gasteiger partial charge in [0, 0.05) is 12.6 Å². The molecule has 0 unspecified atom stereocenters. The average molecular weight is 279 g/mol. The zero-order valence-electron chi connectivity index (χ0n) is 9.66. The van der Waals surface area contributed by atoms with Crippen molar-refractivity contribution in [1.29, 1.82) is 0 Å². The summed E-state index contributed by atoms with van der Waals surface area (Å²) < 4.78 is 50.3. The van der Waals surface area contributed by atoms with Crippen LogP contribution in [0.1, 0.15) is 15.9 Å². The maximum Gasteiger partial charge on any atom is 0.419 e. The maximum absolute atomic E-state index is 13.0. The Morgan fingerprint density at radius 1 is 1.32 bits per heavy atom.